The molecular weight excluding hydrogens is 394 g/mol. The SMILES string of the molecule is Cc1c(NC(=O)[C@H](C)N(c2ccc(Cl)cc2)S(C)(=O)=O)cccc1[N+](=O)[O-]. The van der Waals surface area contributed by atoms with Crippen molar-refractivity contribution in [2.75, 3.05) is 15.9 Å². The maximum atomic E-state index is 12.7. The highest BCUT2D eigenvalue weighted by Gasteiger charge is 2.29. The first-order chi connectivity index (χ1) is 12.5. The van der Waals surface area contributed by atoms with Gasteiger partial charge >= 0.3 is 0 Å². The lowest BCUT2D eigenvalue weighted by molar-refractivity contribution is -0.385. The number of nitro groups is 1. The third-order valence-corrected chi connectivity index (χ3v) is 5.42. The zero-order chi connectivity index (χ0) is 20.4. The minimum atomic E-state index is -3.78. The second-order valence-corrected chi connectivity index (χ2v) is 8.20. The largest absolute Gasteiger partial charge is 0.324 e. The van der Waals surface area contributed by atoms with E-state index in [9.17, 15) is 23.3 Å². The van der Waals surface area contributed by atoms with Gasteiger partial charge in [-0.2, -0.15) is 0 Å². The van der Waals surface area contributed by atoms with Crippen LogP contribution in [0.3, 0.4) is 0 Å². The Bertz CT molecular complexity index is 977. The van der Waals surface area contributed by atoms with Gasteiger partial charge in [-0.3, -0.25) is 19.2 Å². The summed E-state index contributed by atoms with van der Waals surface area (Å²) in [7, 11) is -3.78. The van der Waals surface area contributed by atoms with Gasteiger partial charge in [0.2, 0.25) is 15.9 Å². The van der Waals surface area contributed by atoms with E-state index in [0.29, 0.717) is 5.02 Å². The number of hydrogen-bond donors (Lipinski definition) is 1. The molecule has 0 saturated heterocycles. The van der Waals surface area contributed by atoms with Gasteiger partial charge in [-0.1, -0.05) is 17.7 Å². The van der Waals surface area contributed by atoms with Crippen LogP contribution in [0.25, 0.3) is 0 Å². The predicted octanol–water partition coefficient (Wildman–Crippen LogP) is 3.35. The number of nitrogens with one attached hydrogen (secondary N) is 1. The van der Waals surface area contributed by atoms with Gasteiger partial charge < -0.3 is 5.32 Å². The molecule has 1 amide bonds. The normalized spacial score (nSPS) is 12.3. The summed E-state index contributed by atoms with van der Waals surface area (Å²) in [6.07, 6.45) is 0.990. The molecule has 0 radical (unpaired) electrons. The molecule has 0 heterocycles. The minimum absolute atomic E-state index is 0.141. The molecule has 10 heteroatoms. The highest BCUT2D eigenvalue weighted by Crippen LogP contribution is 2.27. The van der Waals surface area contributed by atoms with Crippen molar-refractivity contribution in [3.63, 3.8) is 0 Å². The van der Waals surface area contributed by atoms with E-state index < -0.39 is 26.9 Å². The summed E-state index contributed by atoms with van der Waals surface area (Å²) in [5.74, 6) is -0.626. The summed E-state index contributed by atoms with van der Waals surface area (Å²) in [6, 6.07) is 9.20. The monoisotopic (exact) mass is 411 g/mol. The average molecular weight is 412 g/mol. The van der Waals surface area contributed by atoms with Crippen LogP contribution in [0.4, 0.5) is 17.1 Å². The van der Waals surface area contributed by atoms with Crippen LogP contribution in [-0.2, 0) is 14.8 Å². The van der Waals surface area contributed by atoms with Gasteiger partial charge in [0.05, 0.1) is 28.1 Å². The number of carbonyl (C=O) groups is 1. The fraction of sp³-hybridized carbons (Fsp3) is 0.235. The number of nitrogens with zero attached hydrogens (tertiary/aromatic N) is 2. The minimum Gasteiger partial charge on any atom is -0.324 e. The van der Waals surface area contributed by atoms with Crippen molar-refractivity contribution >= 4 is 44.6 Å². The molecule has 0 aromatic heterocycles. The first-order valence-corrected chi connectivity index (χ1v) is 10.0. The van der Waals surface area contributed by atoms with Crippen molar-refractivity contribution in [2.24, 2.45) is 0 Å². The molecule has 1 N–H and O–H groups in total. The van der Waals surface area contributed by atoms with Gasteiger partial charge in [0.25, 0.3) is 5.69 Å². The molecule has 0 unspecified atom stereocenters. The molecule has 0 aliphatic carbocycles. The van der Waals surface area contributed by atoms with Crippen molar-refractivity contribution in [1.29, 1.82) is 0 Å². The Balaban J connectivity index is 2.35. The van der Waals surface area contributed by atoms with Crippen molar-refractivity contribution < 1.29 is 18.1 Å². The molecule has 0 fully saturated rings. The lowest BCUT2D eigenvalue weighted by atomic mass is 10.1. The van der Waals surface area contributed by atoms with Crippen LogP contribution in [0.1, 0.15) is 12.5 Å². The van der Waals surface area contributed by atoms with E-state index in [1.54, 1.807) is 0 Å². The van der Waals surface area contributed by atoms with Crippen molar-refractivity contribution in [1.82, 2.24) is 0 Å². The number of anilines is 2. The van der Waals surface area contributed by atoms with Crippen LogP contribution in [0.2, 0.25) is 5.02 Å². The Kier molecular flexibility index (Phi) is 6.07. The maximum absolute atomic E-state index is 12.7. The molecular formula is C17H18ClN3O5S. The summed E-state index contributed by atoms with van der Waals surface area (Å²) in [4.78, 5) is 23.2. The number of halogens is 1. The first-order valence-electron chi connectivity index (χ1n) is 7.82. The molecule has 144 valence electrons. The van der Waals surface area contributed by atoms with Gasteiger partial charge in [-0.15, -0.1) is 0 Å². The van der Waals surface area contributed by atoms with Crippen LogP contribution in [0.15, 0.2) is 42.5 Å². The summed E-state index contributed by atoms with van der Waals surface area (Å²) < 4.78 is 25.5. The Hall–Kier alpha value is -2.65. The van der Waals surface area contributed by atoms with E-state index in [1.165, 1.54) is 56.3 Å². The quantitative estimate of drug-likeness (QED) is 0.579. The third kappa shape index (κ3) is 4.75. The Morgan fingerprint density at radius 3 is 2.33 bits per heavy atom. The molecule has 0 saturated carbocycles. The molecule has 27 heavy (non-hydrogen) atoms. The van der Waals surface area contributed by atoms with Crippen molar-refractivity contribution in [3.8, 4) is 0 Å². The van der Waals surface area contributed by atoms with Gasteiger partial charge in [0, 0.05) is 11.1 Å². The average Bonchev–Trinajstić information content (AvgIpc) is 2.57. The third-order valence-electron chi connectivity index (χ3n) is 3.93. The first kappa shape index (κ1) is 20.7. The van der Waals surface area contributed by atoms with Crippen LogP contribution in [0.5, 0.6) is 0 Å². The van der Waals surface area contributed by atoms with Crippen LogP contribution < -0.4 is 9.62 Å². The summed E-state index contributed by atoms with van der Waals surface area (Å²) in [6.45, 7) is 2.93. The molecule has 0 aliphatic heterocycles. The molecule has 1 atom stereocenters. The number of amides is 1. The lowest BCUT2D eigenvalue weighted by Gasteiger charge is -2.28. The van der Waals surface area contributed by atoms with Crippen LogP contribution >= 0.6 is 11.6 Å². The topological polar surface area (TPSA) is 110 Å². The lowest BCUT2D eigenvalue weighted by Crippen LogP contribution is -2.45. The maximum Gasteiger partial charge on any atom is 0.274 e. The standard InChI is InChI=1S/C17H18ClN3O5S/c1-11-15(5-4-6-16(11)21(23)24)19-17(22)12(2)20(27(3,25)26)14-9-7-13(18)8-10-14/h4-10,12H,1-3H3,(H,19,22)/t12-/m0/s1. The fourth-order valence-corrected chi connectivity index (χ4v) is 3.89. The number of carbonyl (C=O) groups excluding carboxylic acids is 1. The Labute approximate surface area is 162 Å². The van der Waals surface area contributed by atoms with Crippen LogP contribution in [0, 0.1) is 17.0 Å². The number of rotatable bonds is 6. The molecule has 2 rings (SSSR count). The van der Waals surface area contributed by atoms with E-state index in [2.05, 4.69) is 5.32 Å². The number of sulfonamides is 1. The smallest absolute Gasteiger partial charge is 0.274 e. The molecule has 2 aromatic carbocycles. The summed E-state index contributed by atoms with van der Waals surface area (Å²) in [5, 5.41) is 14.0. The number of nitro benzene ring substituents is 1. The zero-order valence-corrected chi connectivity index (χ0v) is 16.4. The highest BCUT2D eigenvalue weighted by molar-refractivity contribution is 7.92. The number of hydrogen-bond acceptors (Lipinski definition) is 5. The van der Waals surface area contributed by atoms with Gasteiger partial charge in [-0.25, -0.2) is 8.42 Å². The van der Waals surface area contributed by atoms with E-state index in [0.717, 1.165) is 10.6 Å². The van der Waals surface area contributed by atoms with Gasteiger partial charge in [-0.05, 0) is 44.2 Å². The van der Waals surface area contributed by atoms with E-state index in [1.807, 2.05) is 0 Å². The molecule has 2 aromatic rings. The van der Waals surface area contributed by atoms with E-state index in [-0.39, 0.29) is 22.6 Å². The molecule has 0 bridgehead atoms. The summed E-state index contributed by atoms with van der Waals surface area (Å²) in [5.41, 5.74) is 0.657. The Morgan fingerprint density at radius 2 is 1.81 bits per heavy atom. The molecule has 0 aliphatic rings. The van der Waals surface area contributed by atoms with Crippen LogP contribution in [-0.4, -0.2) is 31.5 Å². The van der Waals surface area contributed by atoms with Crippen molar-refractivity contribution in [3.05, 3.63) is 63.2 Å². The summed E-state index contributed by atoms with van der Waals surface area (Å²) >= 11 is 5.84. The van der Waals surface area contributed by atoms with E-state index >= 15 is 0 Å². The molecule has 8 nitrogen and oxygen atoms in total. The van der Waals surface area contributed by atoms with E-state index in [4.69, 9.17) is 11.6 Å². The van der Waals surface area contributed by atoms with Crippen molar-refractivity contribution in [2.45, 2.75) is 19.9 Å². The predicted molar refractivity (Wildman–Crippen MR) is 105 cm³/mol. The number of benzene rings is 2. The second kappa shape index (κ2) is 7.93. The second-order valence-electron chi connectivity index (χ2n) is 5.91. The highest BCUT2D eigenvalue weighted by atomic mass is 35.5. The van der Waals surface area contributed by atoms with Gasteiger partial charge in [0.15, 0.2) is 0 Å². The fourth-order valence-electron chi connectivity index (χ4n) is 2.59. The molecule has 0 spiro atoms. The zero-order valence-electron chi connectivity index (χ0n) is 14.8. The van der Waals surface area contributed by atoms with Gasteiger partial charge in [0.1, 0.15) is 6.04 Å². The Morgan fingerprint density at radius 1 is 1.22 bits per heavy atom.